The summed E-state index contributed by atoms with van der Waals surface area (Å²) in [5, 5.41) is 30.0. The summed E-state index contributed by atoms with van der Waals surface area (Å²) in [6, 6.07) is -1.02. The van der Waals surface area contributed by atoms with Crippen molar-refractivity contribution in [1.29, 1.82) is 0 Å². The second-order valence-corrected chi connectivity index (χ2v) is 21.1. The molecule has 1 aromatic carbocycles. The molecule has 0 bridgehead atoms. The number of aliphatic hydroxyl groups excluding tert-OH is 2. The van der Waals surface area contributed by atoms with E-state index < -0.39 is 132 Å². The zero-order chi connectivity index (χ0) is 54.5. The number of likely N-dealkylation sites (N-methyl/N-ethyl adjacent to an activating group) is 2. The number of nitrogens with one attached hydrogen (secondary N) is 3. The summed E-state index contributed by atoms with van der Waals surface area (Å²) in [6.07, 6.45) is -5.91. The van der Waals surface area contributed by atoms with E-state index in [1.807, 2.05) is 27.7 Å². The third-order valence-corrected chi connectivity index (χ3v) is 13.2. The largest absolute Gasteiger partial charge is 0.497 e. The maximum Gasteiger partial charge on any atom is 0.329 e. The van der Waals surface area contributed by atoms with Crippen LogP contribution in [0.1, 0.15) is 120 Å². The first kappa shape index (κ1) is 60.7. The van der Waals surface area contributed by atoms with Crippen LogP contribution in [0.5, 0.6) is 5.75 Å². The Morgan fingerprint density at radius 3 is 2.01 bits per heavy atom. The van der Waals surface area contributed by atoms with Crippen LogP contribution in [0.15, 0.2) is 24.3 Å². The third kappa shape index (κ3) is 16.7. The van der Waals surface area contributed by atoms with E-state index in [4.69, 9.17) is 14.2 Å². The average molecular weight is 1020 g/mol. The van der Waals surface area contributed by atoms with Crippen molar-refractivity contribution in [2.75, 3.05) is 27.7 Å². The number of ketones is 1. The maximum absolute atomic E-state index is 14.8. The third-order valence-electron chi connectivity index (χ3n) is 13.2. The van der Waals surface area contributed by atoms with Gasteiger partial charge in [-0.25, -0.2) is 4.79 Å². The minimum Gasteiger partial charge on any atom is -0.497 e. The number of nitrogens with zero attached hydrogens (tertiary/aromatic N) is 3. The number of aliphatic hydroxyl groups is 2. The molecule has 0 aromatic heterocycles. The Bertz CT molecular complexity index is 2060. The number of hydrogen-bond donors (Lipinski definition) is 5. The number of Topliss-reactive ketones (excluding diaryl/α,β-unsaturated/α-hetero) is 1. The fourth-order valence-corrected chi connectivity index (χ4v) is 9.03. The maximum atomic E-state index is 14.8. The predicted molar refractivity (Wildman–Crippen MR) is 265 cm³/mol. The molecule has 404 valence electrons. The van der Waals surface area contributed by atoms with E-state index >= 15 is 0 Å². The first-order chi connectivity index (χ1) is 33.6. The molecule has 20 nitrogen and oxygen atoms in total. The fraction of sp³-hybridized carbons (Fsp3) is 0.712. The van der Waals surface area contributed by atoms with Gasteiger partial charge in [0, 0.05) is 27.1 Å². The van der Waals surface area contributed by atoms with Crippen LogP contribution < -0.4 is 20.7 Å². The number of fused-ring (bicyclic) bond motifs is 1. The van der Waals surface area contributed by atoms with E-state index in [1.54, 1.807) is 52.0 Å². The van der Waals surface area contributed by atoms with Gasteiger partial charge in [-0.2, -0.15) is 0 Å². The van der Waals surface area contributed by atoms with Crippen molar-refractivity contribution in [1.82, 2.24) is 30.7 Å². The lowest BCUT2D eigenvalue weighted by Gasteiger charge is -2.35. The van der Waals surface area contributed by atoms with Gasteiger partial charge in [0.25, 0.3) is 5.91 Å². The Morgan fingerprint density at radius 2 is 1.47 bits per heavy atom. The van der Waals surface area contributed by atoms with Gasteiger partial charge in [0.1, 0.15) is 48.2 Å². The molecule has 20 heteroatoms. The van der Waals surface area contributed by atoms with Crippen molar-refractivity contribution in [2.24, 2.45) is 29.6 Å². The highest BCUT2D eigenvalue weighted by Gasteiger charge is 2.44. The molecule has 5 N–H and O–H groups in total. The molecule has 0 spiro atoms. The highest BCUT2D eigenvalue weighted by atomic mass is 16.6. The molecule has 11 atom stereocenters. The number of hydrogen-bond acceptors (Lipinski definition) is 14. The first-order valence-electron chi connectivity index (χ1n) is 25.3. The van der Waals surface area contributed by atoms with E-state index in [9.17, 15) is 53.4 Å². The van der Waals surface area contributed by atoms with Crippen LogP contribution >= 0.6 is 0 Å². The molecule has 0 radical (unpaired) electrons. The van der Waals surface area contributed by atoms with Gasteiger partial charge in [-0.3, -0.25) is 38.4 Å². The van der Waals surface area contributed by atoms with E-state index in [0.29, 0.717) is 17.7 Å². The smallest absolute Gasteiger partial charge is 0.329 e. The van der Waals surface area contributed by atoms with Crippen LogP contribution in [-0.4, -0.2) is 166 Å². The second kappa shape index (κ2) is 27.4. The van der Waals surface area contributed by atoms with E-state index in [2.05, 4.69) is 16.0 Å². The van der Waals surface area contributed by atoms with Gasteiger partial charge in [0.05, 0.1) is 31.6 Å². The summed E-state index contributed by atoms with van der Waals surface area (Å²) < 4.78 is 17.1. The van der Waals surface area contributed by atoms with Crippen molar-refractivity contribution >= 4 is 53.2 Å². The number of rotatable bonds is 14. The normalized spacial score (nSPS) is 26.7. The topological polar surface area (TPSA) is 268 Å². The summed E-state index contributed by atoms with van der Waals surface area (Å²) in [7, 11) is 4.23. The number of benzene rings is 1. The summed E-state index contributed by atoms with van der Waals surface area (Å²) in [6.45, 7) is 18.3. The van der Waals surface area contributed by atoms with Crippen molar-refractivity contribution in [2.45, 2.75) is 182 Å². The van der Waals surface area contributed by atoms with Gasteiger partial charge in [-0.05, 0) is 94.2 Å². The van der Waals surface area contributed by atoms with Gasteiger partial charge in [0.2, 0.25) is 29.5 Å². The molecular weight excluding hydrogens is 933 g/mol. The molecule has 2 fully saturated rings. The number of esters is 2. The first-order valence-corrected chi connectivity index (χ1v) is 25.3. The number of carbonyl (C=O) groups is 9. The minimum atomic E-state index is -1.72. The van der Waals surface area contributed by atoms with Crippen LogP contribution in [0.2, 0.25) is 0 Å². The van der Waals surface area contributed by atoms with Crippen LogP contribution in [-0.2, 0) is 59.0 Å². The molecule has 3 unspecified atom stereocenters. The summed E-state index contributed by atoms with van der Waals surface area (Å²) in [5.41, 5.74) is 0.582. The van der Waals surface area contributed by atoms with Gasteiger partial charge < -0.3 is 55.1 Å². The molecule has 2 aliphatic heterocycles. The molecule has 2 heterocycles. The Labute approximate surface area is 425 Å². The molecule has 6 amide bonds. The number of amides is 6. The monoisotopic (exact) mass is 1010 g/mol. The molecule has 2 aliphatic rings. The number of cyclic esters (lactones) is 2. The average Bonchev–Trinajstić information content (AvgIpc) is 3.80. The van der Waals surface area contributed by atoms with E-state index in [1.165, 1.54) is 51.8 Å². The molecule has 0 saturated carbocycles. The minimum absolute atomic E-state index is 0.0889. The summed E-state index contributed by atoms with van der Waals surface area (Å²) in [5.74, 6) is -9.28. The van der Waals surface area contributed by atoms with Crippen LogP contribution in [0.25, 0.3) is 0 Å². The lowest BCUT2D eigenvalue weighted by atomic mass is 9.92. The molecule has 3 rings (SSSR count). The molecule has 2 saturated heterocycles. The van der Waals surface area contributed by atoms with Crippen molar-refractivity contribution in [3.63, 3.8) is 0 Å². The highest BCUT2D eigenvalue weighted by molar-refractivity contribution is 6.05. The van der Waals surface area contributed by atoms with Crippen molar-refractivity contribution in [3.8, 4) is 5.75 Å². The number of ether oxygens (including phenoxy) is 3. The molecule has 72 heavy (non-hydrogen) atoms. The Kier molecular flexibility index (Phi) is 23.1. The summed E-state index contributed by atoms with van der Waals surface area (Å²) in [4.78, 5) is 131. The molecular formula is C52H82N6O14. The zero-order valence-electron chi connectivity index (χ0n) is 44.8. The molecule has 1 aromatic rings. The van der Waals surface area contributed by atoms with E-state index in [0.717, 1.165) is 4.90 Å². The van der Waals surface area contributed by atoms with Gasteiger partial charge in [-0.1, -0.05) is 67.5 Å². The van der Waals surface area contributed by atoms with Crippen LogP contribution in [0.3, 0.4) is 0 Å². The van der Waals surface area contributed by atoms with Crippen LogP contribution in [0.4, 0.5) is 0 Å². The number of carbonyl (C=O) groups excluding carboxylic acids is 9. The quantitative estimate of drug-likeness (QED) is 0.132. The Balaban J connectivity index is 2.28. The Morgan fingerprint density at radius 1 is 0.861 bits per heavy atom. The second-order valence-electron chi connectivity index (χ2n) is 21.1. The standard InChI is InChI=1S/C52H82N6O14/c1-27(2)22-36-41(60)26-42(61)72-45(30(7)8)44(62)31(9)46(63)54-37(23-28(3)4)50(67)58-21-15-16-38(58)51(68)57(13)40(25-34-17-19-35(70-14)20-18-34)52(69)71-33(11)43(48(65)53-36)55-47(64)39(24-29(5)6)56(12)49(66)32(10)59/h17-20,27-33,36-41,43,45,59-60H,15-16,21-26H2,1-14H3,(H,53,65)(H,54,63)(H,55,64)/t31-,32?,33+,36+,37-,38?,39?,40-,41-,43-,45-/m0/s1. The van der Waals surface area contributed by atoms with Gasteiger partial charge in [0.15, 0.2) is 11.9 Å². The van der Waals surface area contributed by atoms with Gasteiger partial charge >= 0.3 is 11.9 Å². The fourth-order valence-electron chi connectivity index (χ4n) is 9.03. The van der Waals surface area contributed by atoms with Crippen molar-refractivity contribution < 1.29 is 67.6 Å². The lowest BCUT2D eigenvalue weighted by molar-refractivity contribution is -0.163. The number of methoxy groups -OCH3 is 1. The summed E-state index contributed by atoms with van der Waals surface area (Å²) >= 11 is 0. The van der Waals surface area contributed by atoms with Gasteiger partial charge in [-0.15, -0.1) is 0 Å². The van der Waals surface area contributed by atoms with E-state index in [-0.39, 0.29) is 56.4 Å². The SMILES string of the molecule is COc1ccc(C[C@H]2C(=O)O[C@H](C)[C@H](NC(=O)C(CC(C)C)N(C)C(=O)C(C)O)C(=O)N[C@H](CC(C)C)[C@@H](O)CC(=O)O[C@@H](C(C)C)C(=O)[C@H](C)C(=O)N[C@@H](CC(C)C)C(=O)N3CCCC3C(=O)N2C)cc1. The Hall–Kier alpha value is -5.63. The highest BCUT2D eigenvalue weighted by Crippen LogP contribution is 2.26. The predicted octanol–water partition coefficient (Wildman–Crippen LogP) is 2.33. The lowest BCUT2D eigenvalue weighted by Crippen LogP contribution is -2.61. The van der Waals surface area contributed by atoms with Crippen molar-refractivity contribution in [3.05, 3.63) is 29.8 Å². The zero-order valence-corrected chi connectivity index (χ0v) is 44.8. The molecule has 0 aliphatic carbocycles. The van der Waals surface area contributed by atoms with Crippen LogP contribution in [0, 0.1) is 29.6 Å².